The fraction of sp³-hybridized carbons (Fsp3) is 0.333. The molecule has 3 aromatic carbocycles. The van der Waals surface area contributed by atoms with Crippen molar-refractivity contribution in [3.05, 3.63) is 83.1 Å². The number of hydrogen-bond donors (Lipinski definition) is 1. The topological polar surface area (TPSA) is 86.3 Å². The van der Waals surface area contributed by atoms with Crippen LogP contribution < -0.4 is 29.2 Å². The van der Waals surface area contributed by atoms with E-state index in [1.165, 1.54) is 0 Å². The Morgan fingerprint density at radius 2 is 1.51 bits per heavy atom. The number of amides is 1. The van der Waals surface area contributed by atoms with E-state index < -0.39 is 6.04 Å². The number of carbonyl (C=O) groups is 2. The van der Waals surface area contributed by atoms with Gasteiger partial charge in [0.15, 0.2) is 17.3 Å². The number of nitrogens with zero attached hydrogens (tertiary/aromatic N) is 1. The Kier molecular flexibility index (Phi) is 7.07. The van der Waals surface area contributed by atoms with Gasteiger partial charge in [-0.25, -0.2) is 0 Å². The summed E-state index contributed by atoms with van der Waals surface area (Å²) < 4.78 is 22.3. The van der Waals surface area contributed by atoms with Crippen LogP contribution in [0.3, 0.4) is 0 Å². The zero-order valence-corrected chi connectivity index (χ0v) is 23.7. The number of methoxy groups -OCH3 is 4. The normalized spacial score (nSPS) is 19.9. The Bertz CT molecular complexity index is 1500. The van der Waals surface area contributed by atoms with E-state index in [9.17, 15) is 9.59 Å². The van der Waals surface area contributed by atoms with Crippen LogP contribution in [-0.4, -0.2) is 40.1 Å². The number of nitrogens with one attached hydrogen (secondary N) is 1. The molecule has 1 saturated carbocycles. The largest absolute Gasteiger partial charge is 0.497 e. The summed E-state index contributed by atoms with van der Waals surface area (Å²) in [6.07, 6.45) is 2.63. The van der Waals surface area contributed by atoms with Crippen LogP contribution in [0.25, 0.3) is 0 Å². The second-order valence-corrected chi connectivity index (χ2v) is 10.7. The first-order chi connectivity index (χ1) is 20.0. The van der Waals surface area contributed by atoms with Crippen LogP contribution in [0, 0.1) is 5.92 Å². The summed E-state index contributed by atoms with van der Waals surface area (Å²) in [4.78, 5) is 30.2. The second kappa shape index (κ2) is 10.8. The van der Waals surface area contributed by atoms with Crippen LogP contribution in [-0.2, 0) is 9.59 Å². The number of ketones is 1. The summed E-state index contributed by atoms with van der Waals surface area (Å²) in [5.74, 6) is 2.08. The predicted molar refractivity (Wildman–Crippen MR) is 156 cm³/mol. The van der Waals surface area contributed by atoms with Crippen molar-refractivity contribution in [2.45, 2.75) is 37.6 Å². The number of benzene rings is 3. The maximum Gasteiger partial charge on any atom is 0.231 e. The third-order valence-corrected chi connectivity index (χ3v) is 8.24. The number of hydrogen-bond acceptors (Lipinski definition) is 7. The van der Waals surface area contributed by atoms with Crippen molar-refractivity contribution >= 4 is 23.1 Å². The zero-order chi connectivity index (χ0) is 28.7. The Morgan fingerprint density at radius 3 is 2.12 bits per heavy atom. The average Bonchev–Trinajstić information content (AvgIpc) is 3.86. The van der Waals surface area contributed by atoms with Crippen LogP contribution >= 0.6 is 0 Å². The summed E-state index contributed by atoms with van der Waals surface area (Å²) in [6, 6.07) is 18.7. The minimum Gasteiger partial charge on any atom is -0.497 e. The molecule has 1 heterocycles. The van der Waals surface area contributed by atoms with Gasteiger partial charge in [0.25, 0.3) is 0 Å². The molecular weight excluding hydrogens is 520 g/mol. The summed E-state index contributed by atoms with van der Waals surface area (Å²) in [6.45, 7) is 0. The smallest absolute Gasteiger partial charge is 0.231 e. The molecule has 8 heteroatoms. The lowest BCUT2D eigenvalue weighted by Crippen LogP contribution is -2.39. The van der Waals surface area contributed by atoms with Crippen molar-refractivity contribution in [1.82, 2.24) is 0 Å². The molecule has 0 bridgehead atoms. The van der Waals surface area contributed by atoms with Gasteiger partial charge >= 0.3 is 0 Å². The first kappa shape index (κ1) is 26.7. The molecule has 1 fully saturated rings. The van der Waals surface area contributed by atoms with Gasteiger partial charge in [-0.1, -0.05) is 24.3 Å². The Labute approximate surface area is 239 Å². The minimum absolute atomic E-state index is 0.000257. The number of carbonyl (C=O) groups excluding carboxylic acids is 2. The van der Waals surface area contributed by atoms with Crippen LogP contribution in [0.5, 0.6) is 23.0 Å². The van der Waals surface area contributed by atoms with Gasteiger partial charge in [0.05, 0.1) is 45.9 Å². The third-order valence-electron chi connectivity index (χ3n) is 8.24. The van der Waals surface area contributed by atoms with E-state index in [-0.39, 0.29) is 23.5 Å². The molecule has 8 nitrogen and oxygen atoms in total. The van der Waals surface area contributed by atoms with Gasteiger partial charge in [0.2, 0.25) is 11.7 Å². The van der Waals surface area contributed by atoms with Crippen molar-refractivity contribution in [2.75, 3.05) is 38.7 Å². The number of para-hydroxylation sites is 2. The lowest BCUT2D eigenvalue weighted by atomic mass is 9.78. The maximum atomic E-state index is 14.3. The average molecular weight is 555 g/mol. The van der Waals surface area contributed by atoms with E-state index >= 15 is 0 Å². The van der Waals surface area contributed by atoms with Crippen LogP contribution in [0.2, 0.25) is 0 Å². The summed E-state index contributed by atoms with van der Waals surface area (Å²) in [5, 5.41) is 3.59. The molecule has 1 N–H and O–H groups in total. The first-order valence-corrected chi connectivity index (χ1v) is 13.9. The first-order valence-electron chi connectivity index (χ1n) is 13.9. The molecule has 3 aromatic rings. The fourth-order valence-electron chi connectivity index (χ4n) is 6.05. The highest BCUT2D eigenvalue weighted by molar-refractivity contribution is 6.07. The molecule has 0 aromatic heterocycles. The second-order valence-electron chi connectivity index (χ2n) is 10.7. The van der Waals surface area contributed by atoms with Gasteiger partial charge in [-0.05, 0) is 72.7 Å². The number of fused-ring (bicyclic) bond motifs is 1. The molecule has 212 valence electrons. The van der Waals surface area contributed by atoms with Gasteiger partial charge in [-0.2, -0.15) is 0 Å². The summed E-state index contributed by atoms with van der Waals surface area (Å²) in [7, 11) is 6.32. The number of anilines is 2. The van der Waals surface area contributed by atoms with E-state index in [1.54, 1.807) is 28.4 Å². The molecular formula is C33H34N2O6. The molecule has 2 atom stereocenters. The van der Waals surface area contributed by atoms with E-state index in [0.717, 1.165) is 46.8 Å². The Balaban J connectivity index is 1.55. The number of rotatable bonds is 7. The summed E-state index contributed by atoms with van der Waals surface area (Å²) in [5.41, 5.74) is 4.74. The Hall–Kier alpha value is -4.46. The van der Waals surface area contributed by atoms with E-state index in [2.05, 4.69) is 5.32 Å². The van der Waals surface area contributed by atoms with Crippen LogP contribution in [0.4, 0.5) is 11.4 Å². The van der Waals surface area contributed by atoms with E-state index in [0.29, 0.717) is 35.7 Å². The molecule has 1 aliphatic heterocycles. The minimum atomic E-state index is -0.674. The molecule has 0 unspecified atom stereocenters. The molecule has 0 saturated heterocycles. The van der Waals surface area contributed by atoms with Gasteiger partial charge in [0.1, 0.15) is 5.75 Å². The quantitative estimate of drug-likeness (QED) is 0.382. The fourth-order valence-corrected chi connectivity index (χ4v) is 6.05. The lowest BCUT2D eigenvalue weighted by Gasteiger charge is -2.35. The number of Topliss-reactive ketones (excluding diaryl/α,β-unsaturated/α-hetero) is 1. The molecule has 3 aliphatic rings. The van der Waals surface area contributed by atoms with Crippen molar-refractivity contribution in [1.29, 1.82) is 0 Å². The molecule has 0 radical (unpaired) electrons. The lowest BCUT2D eigenvalue weighted by molar-refractivity contribution is -0.120. The monoisotopic (exact) mass is 554 g/mol. The van der Waals surface area contributed by atoms with E-state index in [4.69, 9.17) is 18.9 Å². The SMILES string of the molecule is COc1ccc([C@@H]2CC(=O)C3=C(C2)Nc2ccccc2N(C(=O)C2CC2)[C@@H]3c2cc(OC)c(OC)c(OC)c2)cc1. The number of ether oxygens (including phenoxy) is 4. The predicted octanol–water partition coefficient (Wildman–Crippen LogP) is 6.03. The highest BCUT2D eigenvalue weighted by Gasteiger charge is 2.45. The molecule has 0 spiro atoms. The van der Waals surface area contributed by atoms with Crippen LogP contribution in [0.1, 0.15) is 48.8 Å². The maximum absolute atomic E-state index is 14.3. The van der Waals surface area contributed by atoms with Crippen LogP contribution in [0.15, 0.2) is 71.9 Å². The van der Waals surface area contributed by atoms with Gasteiger partial charge in [-0.15, -0.1) is 0 Å². The van der Waals surface area contributed by atoms with Gasteiger partial charge in [0, 0.05) is 23.6 Å². The summed E-state index contributed by atoms with van der Waals surface area (Å²) >= 11 is 0. The molecule has 41 heavy (non-hydrogen) atoms. The van der Waals surface area contributed by atoms with E-state index in [1.807, 2.05) is 65.6 Å². The van der Waals surface area contributed by atoms with Crippen molar-refractivity contribution in [3.8, 4) is 23.0 Å². The van der Waals surface area contributed by atoms with Gasteiger partial charge < -0.3 is 24.3 Å². The molecule has 6 rings (SSSR count). The zero-order valence-electron chi connectivity index (χ0n) is 23.7. The van der Waals surface area contributed by atoms with Crippen molar-refractivity contribution < 1.29 is 28.5 Å². The highest BCUT2D eigenvalue weighted by Crippen LogP contribution is 2.51. The highest BCUT2D eigenvalue weighted by atomic mass is 16.5. The van der Waals surface area contributed by atoms with Crippen molar-refractivity contribution in [3.63, 3.8) is 0 Å². The third kappa shape index (κ3) is 4.77. The molecule has 2 aliphatic carbocycles. The van der Waals surface area contributed by atoms with Crippen molar-refractivity contribution in [2.24, 2.45) is 5.92 Å². The standard InChI is InChI=1S/C33H34N2O6/c1-38-23-13-11-19(12-14-23)21-15-25-30(27(36)16-21)31(22-17-28(39-2)32(41-4)29(18-22)40-3)35(33(37)20-9-10-20)26-8-6-5-7-24(26)34-25/h5-8,11-14,17-18,20-21,31,34H,9-10,15-16H2,1-4H3/t21-,31+/m0/s1. The molecule has 1 amide bonds. The Morgan fingerprint density at radius 1 is 0.829 bits per heavy atom. The number of allylic oxidation sites excluding steroid dienone is 1. The van der Waals surface area contributed by atoms with Gasteiger partial charge in [-0.3, -0.25) is 14.5 Å².